The van der Waals surface area contributed by atoms with Crippen LogP contribution < -0.4 is 0 Å². The largest absolute Gasteiger partial charge is 0.461 e. The lowest BCUT2D eigenvalue weighted by molar-refractivity contribution is 0.0518. The van der Waals surface area contributed by atoms with E-state index in [2.05, 4.69) is 4.98 Å². The van der Waals surface area contributed by atoms with Crippen molar-refractivity contribution in [1.82, 2.24) is 14.0 Å². The number of carbonyl (C=O) groups is 1. The summed E-state index contributed by atoms with van der Waals surface area (Å²) in [6, 6.07) is 11.1. The van der Waals surface area contributed by atoms with Crippen LogP contribution >= 0.6 is 0 Å². The van der Waals surface area contributed by atoms with E-state index >= 15 is 0 Å². The average Bonchev–Trinajstić information content (AvgIpc) is 3.09. The molecule has 0 unspecified atom stereocenters. The van der Waals surface area contributed by atoms with Gasteiger partial charge in [0.1, 0.15) is 23.4 Å². The van der Waals surface area contributed by atoms with E-state index in [0.717, 1.165) is 11.0 Å². The molecule has 3 rings (SSSR count). The molecule has 0 fully saturated rings. The Morgan fingerprint density at radius 2 is 1.96 bits per heavy atom. The minimum Gasteiger partial charge on any atom is -0.461 e. The van der Waals surface area contributed by atoms with Crippen molar-refractivity contribution in [2.24, 2.45) is 7.05 Å². The Balaban J connectivity index is 2.42. The van der Waals surface area contributed by atoms with Crippen molar-refractivity contribution in [3.05, 3.63) is 41.2 Å². The molecule has 0 aliphatic heterocycles. The van der Waals surface area contributed by atoms with Crippen molar-refractivity contribution in [1.29, 1.82) is 10.5 Å². The zero-order chi connectivity index (χ0) is 17.3. The van der Waals surface area contributed by atoms with Crippen LogP contribution in [0.4, 0.5) is 0 Å². The van der Waals surface area contributed by atoms with Crippen molar-refractivity contribution in [3.63, 3.8) is 0 Å². The number of fused-ring (bicyclic) bond motifs is 3. The number of benzene rings is 1. The third-order valence-corrected chi connectivity index (χ3v) is 3.66. The summed E-state index contributed by atoms with van der Waals surface area (Å²) in [6.45, 7) is 1.92. The SMILES string of the molecule is CCOC(=O)c1c(C=C(C#N)C#N)nc2n(C)c3ccccc3n12. The molecule has 0 saturated carbocycles. The second-order valence-corrected chi connectivity index (χ2v) is 5.03. The molecule has 3 aromatic rings. The maximum atomic E-state index is 12.5. The monoisotopic (exact) mass is 319 g/mol. The van der Waals surface area contributed by atoms with Crippen LogP contribution in [0.15, 0.2) is 29.8 Å². The smallest absolute Gasteiger partial charge is 0.357 e. The van der Waals surface area contributed by atoms with Crippen molar-refractivity contribution in [3.8, 4) is 12.1 Å². The van der Waals surface area contributed by atoms with E-state index in [1.165, 1.54) is 6.08 Å². The van der Waals surface area contributed by atoms with E-state index < -0.39 is 5.97 Å². The molecule has 7 nitrogen and oxygen atoms in total. The third kappa shape index (κ3) is 2.20. The Morgan fingerprint density at radius 3 is 2.58 bits per heavy atom. The fraction of sp³-hybridized carbons (Fsp3) is 0.176. The fourth-order valence-electron chi connectivity index (χ4n) is 2.65. The summed E-state index contributed by atoms with van der Waals surface area (Å²) in [6.07, 6.45) is 1.30. The minimum absolute atomic E-state index is 0.131. The van der Waals surface area contributed by atoms with E-state index in [1.54, 1.807) is 23.5 Å². The number of ether oxygens (including phenoxy) is 1. The molecule has 24 heavy (non-hydrogen) atoms. The van der Waals surface area contributed by atoms with Gasteiger partial charge in [-0.05, 0) is 25.1 Å². The van der Waals surface area contributed by atoms with Crippen LogP contribution in [0.5, 0.6) is 0 Å². The van der Waals surface area contributed by atoms with Gasteiger partial charge in [0, 0.05) is 7.05 Å². The first-order valence-electron chi connectivity index (χ1n) is 7.27. The van der Waals surface area contributed by atoms with Crippen LogP contribution in [0.1, 0.15) is 23.1 Å². The Hall–Kier alpha value is -3.58. The number of hydrogen-bond donors (Lipinski definition) is 0. The highest BCUT2D eigenvalue weighted by molar-refractivity contribution is 5.96. The maximum absolute atomic E-state index is 12.5. The zero-order valence-electron chi connectivity index (χ0n) is 13.1. The highest BCUT2D eigenvalue weighted by Gasteiger charge is 2.24. The Morgan fingerprint density at radius 1 is 1.29 bits per heavy atom. The second-order valence-electron chi connectivity index (χ2n) is 5.03. The lowest BCUT2D eigenvalue weighted by Crippen LogP contribution is -2.09. The first-order valence-corrected chi connectivity index (χ1v) is 7.27. The van der Waals surface area contributed by atoms with E-state index in [4.69, 9.17) is 15.3 Å². The van der Waals surface area contributed by atoms with E-state index in [1.807, 2.05) is 35.9 Å². The van der Waals surface area contributed by atoms with Gasteiger partial charge < -0.3 is 9.30 Å². The van der Waals surface area contributed by atoms with Gasteiger partial charge in [0.05, 0.1) is 17.6 Å². The summed E-state index contributed by atoms with van der Waals surface area (Å²) in [5.74, 6) is -0.0245. The van der Waals surface area contributed by atoms with Crippen LogP contribution in [0.25, 0.3) is 22.9 Å². The first-order chi connectivity index (χ1) is 11.6. The minimum atomic E-state index is -0.553. The fourth-order valence-corrected chi connectivity index (χ4v) is 2.65. The number of aryl methyl sites for hydroxylation is 1. The molecule has 7 heteroatoms. The van der Waals surface area contributed by atoms with Crippen LogP contribution in [0.2, 0.25) is 0 Å². The third-order valence-electron chi connectivity index (χ3n) is 3.66. The summed E-state index contributed by atoms with van der Waals surface area (Å²) >= 11 is 0. The number of hydrogen-bond acceptors (Lipinski definition) is 5. The molecule has 2 aromatic heterocycles. The van der Waals surface area contributed by atoms with Crippen LogP contribution in [0.3, 0.4) is 0 Å². The molecular formula is C17H13N5O2. The summed E-state index contributed by atoms with van der Waals surface area (Å²) in [7, 11) is 1.84. The van der Waals surface area contributed by atoms with Crippen LogP contribution in [0, 0.1) is 22.7 Å². The lowest BCUT2D eigenvalue weighted by atomic mass is 10.2. The van der Waals surface area contributed by atoms with E-state index in [-0.39, 0.29) is 23.6 Å². The second kappa shape index (κ2) is 5.90. The maximum Gasteiger partial charge on any atom is 0.357 e. The molecule has 0 aliphatic carbocycles. The number of nitrogens with zero attached hydrogens (tertiary/aromatic N) is 5. The normalized spacial score (nSPS) is 10.3. The molecule has 0 radical (unpaired) electrons. The number of carbonyl (C=O) groups excluding carboxylic acids is 1. The number of nitriles is 2. The van der Waals surface area contributed by atoms with Gasteiger partial charge in [-0.1, -0.05) is 12.1 Å². The number of para-hydroxylation sites is 2. The molecular weight excluding hydrogens is 306 g/mol. The van der Waals surface area contributed by atoms with Gasteiger partial charge in [0.15, 0.2) is 5.69 Å². The Labute approximate surface area is 137 Å². The molecule has 0 aliphatic rings. The quantitative estimate of drug-likeness (QED) is 0.545. The van der Waals surface area contributed by atoms with Gasteiger partial charge in [0.2, 0.25) is 5.78 Å². The molecule has 0 saturated heterocycles. The van der Waals surface area contributed by atoms with Crippen LogP contribution in [-0.4, -0.2) is 26.5 Å². The molecule has 0 spiro atoms. The molecule has 0 amide bonds. The molecule has 0 atom stereocenters. The molecule has 1 aromatic carbocycles. The van der Waals surface area contributed by atoms with Gasteiger partial charge in [-0.2, -0.15) is 10.5 Å². The van der Waals surface area contributed by atoms with Crippen molar-refractivity contribution >= 4 is 28.9 Å². The predicted octanol–water partition coefficient (Wildman–Crippen LogP) is 2.43. The van der Waals surface area contributed by atoms with Gasteiger partial charge in [0.25, 0.3) is 0 Å². The highest BCUT2D eigenvalue weighted by Crippen LogP contribution is 2.25. The lowest BCUT2D eigenvalue weighted by Gasteiger charge is -2.02. The molecule has 2 heterocycles. The van der Waals surface area contributed by atoms with E-state index in [0.29, 0.717) is 5.78 Å². The average molecular weight is 319 g/mol. The van der Waals surface area contributed by atoms with E-state index in [9.17, 15) is 4.79 Å². The zero-order valence-corrected chi connectivity index (χ0v) is 13.1. The highest BCUT2D eigenvalue weighted by atomic mass is 16.5. The van der Waals surface area contributed by atoms with Crippen LogP contribution in [-0.2, 0) is 11.8 Å². The van der Waals surface area contributed by atoms with Gasteiger partial charge in [-0.3, -0.25) is 4.40 Å². The number of esters is 1. The Bertz CT molecular complexity index is 1060. The summed E-state index contributed by atoms with van der Waals surface area (Å²) < 4.78 is 8.67. The standard InChI is InChI=1S/C17H13N5O2/c1-3-24-16(23)15-12(8-11(9-18)10-19)20-17-21(2)13-6-4-5-7-14(13)22(15)17/h4-8H,3H2,1-2H3. The first kappa shape index (κ1) is 15.3. The number of imidazole rings is 2. The van der Waals surface area contributed by atoms with Gasteiger partial charge in [-0.15, -0.1) is 0 Å². The molecule has 0 N–H and O–H groups in total. The molecule has 0 bridgehead atoms. The number of aromatic nitrogens is 3. The topological polar surface area (TPSA) is 96.1 Å². The van der Waals surface area contributed by atoms with Crippen molar-refractivity contribution < 1.29 is 9.53 Å². The van der Waals surface area contributed by atoms with Crippen molar-refractivity contribution in [2.75, 3.05) is 6.61 Å². The summed E-state index contributed by atoms with van der Waals surface area (Å²) in [5.41, 5.74) is 2.00. The Kier molecular flexibility index (Phi) is 3.77. The molecule has 118 valence electrons. The number of rotatable bonds is 3. The summed E-state index contributed by atoms with van der Waals surface area (Å²) in [5, 5.41) is 18.0. The van der Waals surface area contributed by atoms with Gasteiger partial charge in [-0.25, -0.2) is 9.78 Å². The van der Waals surface area contributed by atoms with Gasteiger partial charge >= 0.3 is 5.97 Å². The van der Waals surface area contributed by atoms with Crippen molar-refractivity contribution in [2.45, 2.75) is 6.92 Å². The number of allylic oxidation sites excluding steroid dienone is 1. The summed E-state index contributed by atoms with van der Waals surface area (Å²) in [4.78, 5) is 16.9. The predicted molar refractivity (Wildman–Crippen MR) is 86.8 cm³/mol.